The molecule has 1 rings (SSSR count). The normalized spacial score (nSPS) is 27.3. The molecule has 1 fully saturated rings. The largest absolute Gasteiger partial charge is 0.461 e. The van der Waals surface area contributed by atoms with Crippen molar-refractivity contribution in [3.8, 4) is 0 Å². The lowest BCUT2D eigenvalue weighted by atomic mass is 9.88. The molecule has 0 aromatic rings. The predicted octanol–water partition coefficient (Wildman–Crippen LogP) is 1.72. The van der Waals surface area contributed by atoms with Crippen LogP contribution in [0, 0.1) is 5.92 Å². The lowest BCUT2D eigenvalue weighted by Gasteiger charge is -2.28. The molecule has 0 saturated heterocycles. The van der Waals surface area contributed by atoms with E-state index in [1.807, 2.05) is 6.92 Å². The Bertz CT molecular complexity index is 182. The van der Waals surface area contributed by atoms with Crippen LogP contribution >= 0.6 is 0 Å². The van der Waals surface area contributed by atoms with E-state index in [2.05, 4.69) is 12.2 Å². The number of nitrogens with one attached hydrogen (secondary N) is 1. The van der Waals surface area contributed by atoms with Crippen LogP contribution in [0.15, 0.2) is 0 Å². The quantitative estimate of drug-likeness (QED) is 0.701. The molecular weight excluding hydrogens is 178 g/mol. The summed E-state index contributed by atoms with van der Waals surface area (Å²) in [6, 6.07) is 0. The van der Waals surface area contributed by atoms with Crippen LogP contribution in [0.25, 0.3) is 0 Å². The van der Waals surface area contributed by atoms with Crippen LogP contribution in [0.4, 0.5) is 0 Å². The highest BCUT2D eigenvalue weighted by Gasteiger charge is 2.24. The van der Waals surface area contributed by atoms with Gasteiger partial charge in [-0.25, -0.2) is 0 Å². The van der Waals surface area contributed by atoms with Crippen LogP contribution in [-0.4, -0.2) is 25.2 Å². The second kappa shape index (κ2) is 6.02. The maximum Gasteiger partial charge on any atom is 0.320 e. The van der Waals surface area contributed by atoms with E-state index in [0.717, 1.165) is 13.0 Å². The fraction of sp³-hybridized carbons (Fsp3) is 0.909. The van der Waals surface area contributed by atoms with E-state index in [9.17, 15) is 4.79 Å². The van der Waals surface area contributed by atoms with Crippen LogP contribution in [0.2, 0.25) is 0 Å². The zero-order valence-corrected chi connectivity index (χ0v) is 9.21. The summed E-state index contributed by atoms with van der Waals surface area (Å²) in [6.45, 7) is 5.32. The molecule has 0 spiro atoms. The molecule has 0 radical (unpaired) electrons. The SMILES string of the molecule is CCNCC(=O)OC1CCCCC1C. The third kappa shape index (κ3) is 3.66. The first-order valence-electron chi connectivity index (χ1n) is 5.64. The van der Waals surface area contributed by atoms with Crippen LogP contribution in [0.3, 0.4) is 0 Å². The van der Waals surface area contributed by atoms with Gasteiger partial charge in [0.2, 0.25) is 0 Å². The first-order chi connectivity index (χ1) is 6.74. The average Bonchev–Trinajstić information content (AvgIpc) is 2.18. The number of hydrogen-bond donors (Lipinski definition) is 1. The third-order valence-corrected chi connectivity index (χ3v) is 2.83. The molecule has 0 aromatic heterocycles. The second-order valence-electron chi connectivity index (χ2n) is 4.07. The standard InChI is InChI=1S/C11H21NO2/c1-3-12-8-11(13)14-10-7-5-4-6-9(10)2/h9-10,12H,3-8H2,1-2H3. The van der Waals surface area contributed by atoms with E-state index in [4.69, 9.17) is 4.74 Å². The summed E-state index contributed by atoms with van der Waals surface area (Å²) in [7, 11) is 0. The van der Waals surface area contributed by atoms with Crippen molar-refractivity contribution >= 4 is 5.97 Å². The summed E-state index contributed by atoms with van der Waals surface area (Å²) < 4.78 is 5.40. The van der Waals surface area contributed by atoms with Gasteiger partial charge in [0.25, 0.3) is 0 Å². The highest BCUT2D eigenvalue weighted by Crippen LogP contribution is 2.26. The van der Waals surface area contributed by atoms with Crippen molar-refractivity contribution < 1.29 is 9.53 Å². The van der Waals surface area contributed by atoms with Crippen molar-refractivity contribution in [1.29, 1.82) is 0 Å². The molecule has 3 heteroatoms. The van der Waals surface area contributed by atoms with Gasteiger partial charge in [-0.3, -0.25) is 4.79 Å². The van der Waals surface area contributed by atoms with Crippen LogP contribution in [0.5, 0.6) is 0 Å². The molecule has 0 amide bonds. The Hall–Kier alpha value is -0.570. The van der Waals surface area contributed by atoms with Crippen molar-refractivity contribution in [3.05, 3.63) is 0 Å². The van der Waals surface area contributed by atoms with E-state index in [0.29, 0.717) is 12.5 Å². The van der Waals surface area contributed by atoms with E-state index >= 15 is 0 Å². The Balaban J connectivity index is 2.23. The number of rotatable bonds is 4. The Morgan fingerprint density at radius 1 is 1.43 bits per heavy atom. The van der Waals surface area contributed by atoms with Crippen molar-refractivity contribution in [2.75, 3.05) is 13.1 Å². The zero-order valence-electron chi connectivity index (χ0n) is 9.21. The molecule has 0 bridgehead atoms. The summed E-state index contributed by atoms with van der Waals surface area (Å²) >= 11 is 0. The monoisotopic (exact) mass is 199 g/mol. The van der Waals surface area contributed by atoms with Gasteiger partial charge in [-0.05, 0) is 31.7 Å². The molecule has 0 aliphatic heterocycles. The first-order valence-corrected chi connectivity index (χ1v) is 5.64. The van der Waals surface area contributed by atoms with E-state index in [-0.39, 0.29) is 12.1 Å². The summed E-state index contributed by atoms with van der Waals surface area (Å²) in [4.78, 5) is 11.3. The topological polar surface area (TPSA) is 38.3 Å². The molecule has 1 aliphatic rings. The van der Waals surface area contributed by atoms with Gasteiger partial charge in [0, 0.05) is 0 Å². The Labute approximate surface area is 86.2 Å². The summed E-state index contributed by atoms with van der Waals surface area (Å²) in [5.41, 5.74) is 0. The van der Waals surface area contributed by atoms with Gasteiger partial charge in [-0.1, -0.05) is 20.3 Å². The molecule has 0 heterocycles. The van der Waals surface area contributed by atoms with E-state index < -0.39 is 0 Å². The number of carbonyl (C=O) groups excluding carboxylic acids is 1. The maximum absolute atomic E-state index is 11.3. The second-order valence-corrected chi connectivity index (χ2v) is 4.07. The molecule has 14 heavy (non-hydrogen) atoms. The number of hydrogen-bond acceptors (Lipinski definition) is 3. The van der Waals surface area contributed by atoms with Gasteiger partial charge in [-0.15, -0.1) is 0 Å². The molecule has 0 aromatic carbocycles. The zero-order chi connectivity index (χ0) is 10.4. The van der Waals surface area contributed by atoms with Gasteiger partial charge in [0.05, 0.1) is 6.54 Å². The molecular formula is C11H21NO2. The minimum Gasteiger partial charge on any atom is -0.461 e. The average molecular weight is 199 g/mol. The molecule has 3 nitrogen and oxygen atoms in total. The number of carbonyl (C=O) groups is 1. The Morgan fingerprint density at radius 2 is 2.14 bits per heavy atom. The lowest BCUT2D eigenvalue weighted by Crippen LogP contribution is -2.32. The van der Waals surface area contributed by atoms with Crippen molar-refractivity contribution in [2.45, 2.75) is 45.6 Å². The van der Waals surface area contributed by atoms with Crippen LogP contribution in [0.1, 0.15) is 39.5 Å². The molecule has 1 saturated carbocycles. The number of ether oxygens (including phenoxy) is 1. The number of likely N-dealkylation sites (N-methyl/N-ethyl adjacent to an activating group) is 1. The van der Waals surface area contributed by atoms with Gasteiger partial charge in [0.15, 0.2) is 0 Å². The maximum atomic E-state index is 11.3. The minimum absolute atomic E-state index is 0.106. The molecule has 1 N–H and O–H groups in total. The number of esters is 1. The van der Waals surface area contributed by atoms with Gasteiger partial charge >= 0.3 is 5.97 Å². The van der Waals surface area contributed by atoms with Gasteiger partial charge in [0.1, 0.15) is 6.10 Å². The van der Waals surface area contributed by atoms with Gasteiger partial charge in [-0.2, -0.15) is 0 Å². The van der Waals surface area contributed by atoms with E-state index in [1.54, 1.807) is 0 Å². The third-order valence-electron chi connectivity index (χ3n) is 2.83. The van der Waals surface area contributed by atoms with Gasteiger partial charge < -0.3 is 10.1 Å². The first kappa shape index (κ1) is 11.5. The summed E-state index contributed by atoms with van der Waals surface area (Å²) in [5.74, 6) is 0.430. The molecule has 82 valence electrons. The van der Waals surface area contributed by atoms with Crippen molar-refractivity contribution in [2.24, 2.45) is 5.92 Å². The molecule has 2 atom stereocenters. The van der Waals surface area contributed by atoms with Crippen molar-refractivity contribution in [1.82, 2.24) is 5.32 Å². The highest BCUT2D eigenvalue weighted by atomic mass is 16.5. The molecule has 2 unspecified atom stereocenters. The van der Waals surface area contributed by atoms with Crippen LogP contribution in [-0.2, 0) is 9.53 Å². The lowest BCUT2D eigenvalue weighted by molar-refractivity contribution is -0.152. The fourth-order valence-corrected chi connectivity index (χ4v) is 1.89. The smallest absolute Gasteiger partial charge is 0.320 e. The van der Waals surface area contributed by atoms with E-state index in [1.165, 1.54) is 19.3 Å². The predicted molar refractivity (Wildman–Crippen MR) is 56.1 cm³/mol. The fourth-order valence-electron chi connectivity index (χ4n) is 1.89. The Morgan fingerprint density at radius 3 is 2.79 bits per heavy atom. The van der Waals surface area contributed by atoms with Crippen molar-refractivity contribution in [3.63, 3.8) is 0 Å². The van der Waals surface area contributed by atoms with Crippen LogP contribution < -0.4 is 5.32 Å². The minimum atomic E-state index is -0.106. The Kier molecular flexibility index (Phi) is 4.94. The summed E-state index contributed by atoms with van der Waals surface area (Å²) in [5, 5.41) is 2.98. The molecule has 1 aliphatic carbocycles. The highest BCUT2D eigenvalue weighted by molar-refractivity contribution is 5.71. The summed E-state index contributed by atoms with van der Waals surface area (Å²) in [6.07, 6.45) is 4.87.